The van der Waals surface area contributed by atoms with Crippen LogP contribution in [0, 0.1) is 12.8 Å². The summed E-state index contributed by atoms with van der Waals surface area (Å²) in [6, 6.07) is 7.41. The van der Waals surface area contributed by atoms with Crippen LogP contribution in [0.5, 0.6) is 0 Å². The zero-order valence-electron chi connectivity index (χ0n) is 15.0. The van der Waals surface area contributed by atoms with Crippen LogP contribution in [0.2, 0.25) is 0 Å². The average molecular weight is 352 g/mol. The number of hydrogen-bond donors (Lipinski definition) is 1. The number of carbonyl (C=O) groups is 2. The van der Waals surface area contributed by atoms with Crippen molar-refractivity contribution in [2.75, 3.05) is 12.3 Å². The largest absolute Gasteiger partial charge is 0.383 e. The van der Waals surface area contributed by atoms with Gasteiger partial charge in [0.15, 0.2) is 5.78 Å². The summed E-state index contributed by atoms with van der Waals surface area (Å²) in [4.78, 5) is 27.5. The molecule has 0 radical (unpaired) electrons. The SMILES string of the molecule is Cc1ccc(-n2ncc(C(=O)[C@H]3CCCN3C(=O)C3CCC3)c2N)cc1. The van der Waals surface area contributed by atoms with Crippen LogP contribution in [-0.4, -0.2) is 39.0 Å². The number of nitrogens with zero attached hydrogens (tertiary/aromatic N) is 3. The number of amides is 1. The third-order valence-corrected chi connectivity index (χ3v) is 5.64. The fourth-order valence-corrected chi connectivity index (χ4v) is 3.81. The Hall–Kier alpha value is -2.63. The van der Waals surface area contributed by atoms with Gasteiger partial charge in [-0.2, -0.15) is 5.10 Å². The highest BCUT2D eigenvalue weighted by Gasteiger charge is 2.39. The molecule has 1 amide bonds. The van der Waals surface area contributed by atoms with E-state index in [1.165, 1.54) is 6.20 Å². The minimum atomic E-state index is -0.402. The second-order valence-electron chi connectivity index (χ2n) is 7.37. The van der Waals surface area contributed by atoms with Crippen molar-refractivity contribution in [1.82, 2.24) is 14.7 Å². The molecule has 1 aliphatic heterocycles. The van der Waals surface area contributed by atoms with Crippen LogP contribution in [0.1, 0.15) is 48.0 Å². The minimum absolute atomic E-state index is 0.0916. The maximum Gasteiger partial charge on any atom is 0.226 e. The summed E-state index contributed by atoms with van der Waals surface area (Å²) in [5.41, 5.74) is 8.61. The van der Waals surface area contributed by atoms with Crippen LogP contribution in [0.3, 0.4) is 0 Å². The molecule has 4 rings (SSSR count). The van der Waals surface area contributed by atoms with E-state index in [9.17, 15) is 9.59 Å². The number of anilines is 1. The molecule has 1 aromatic heterocycles. The lowest BCUT2D eigenvalue weighted by molar-refractivity contribution is -0.138. The molecule has 0 unspecified atom stereocenters. The maximum atomic E-state index is 13.1. The van der Waals surface area contributed by atoms with Gasteiger partial charge in [-0.1, -0.05) is 24.1 Å². The summed E-state index contributed by atoms with van der Waals surface area (Å²) in [5.74, 6) is 0.487. The molecule has 26 heavy (non-hydrogen) atoms. The van der Waals surface area contributed by atoms with Gasteiger partial charge < -0.3 is 10.6 Å². The third kappa shape index (κ3) is 2.79. The molecular formula is C20H24N4O2. The van der Waals surface area contributed by atoms with Crippen molar-refractivity contribution in [1.29, 1.82) is 0 Å². The van der Waals surface area contributed by atoms with Crippen molar-refractivity contribution >= 4 is 17.5 Å². The van der Waals surface area contributed by atoms with Crippen LogP contribution >= 0.6 is 0 Å². The van der Waals surface area contributed by atoms with Crippen molar-refractivity contribution in [2.24, 2.45) is 5.92 Å². The van der Waals surface area contributed by atoms with Crippen molar-refractivity contribution < 1.29 is 9.59 Å². The molecule has 2 N–H and O–H groups in total. The Morgan fingerprint density at radius 3 is 2.50 bits per heavy atom. The van der Waals surface area contributed by atoms with Crippen LogP contribution in [0.25, 0.3) is 5.69 Å². The summed E-state index contributed by atoms with van der Waals surface area (Å²) < 4.78 is 1.58. The Labute approximate surface area is 153 Å². The van der Waals surface area contributed by atoms with E-state index < -0.39 is 6.04 Å². The Morgan fingerprint density at radius 2 is 1.85 bits per heavy atom. The minimum Gasteiger partial charge on any atom is -0.383 e. The van der Waals surface area contributed by atoms with E-state index >= 15 is 0 Å². The number of rotatable bonds is 4. The standard InChI is InChI=1S/C20H24N4O2/c1-13-7-9-15(10-8-13)24-19(21)16(12-22-24)18(25)17-6-3-11-23(17)20(26)14-4-2-5-14/h7-10,12,14,17H,2-6,11,21H2,1H3/t17-/m1/s1. The van der Waals surface area contributed by atoms with Gasteiger partial charge in [-0.05, 0) is 44.7 Å². The zero-order valence-corrected chi connectivity index (χ0v) is 15.0. The number of carbonyl (C=O) groups excluding carboxylic acids is 2. The highest BCUT2D eigenvalue weighted by molar-refractivity contribution is 6.05. The van der Waals surface area contributed by atoms with Crippen molar-refractivity contribution in [3.8, 4) is 5.69 Å². The molecule has 1 atom stereocenters. The molecule has 2 aromatic rings. The van der Waals surface area contributed by atoms with Gasteiger partial charge in [0.2, 0.25) is 5.91 Å². The van der Waals surface area contributed by atoms with Crippen LogP contribution < -0.4 is 5.73 Å². The van der Waals surface area contributed by atoms with Crippen LogP contribution in [0.15, 0.2) is 30.5 Å². The molecule has 2 fully saturated rings. The summed E-state index contributed by atoms with van der Waals surface area (Å²) >= 11 is 0. The van der Waals surface area contributed by atoms with Gasteiger partial charge in [0.1, 0.15) is 5.82 Å². The van der Waals surface area contributed by atoms with Gasteiger partial charge in [-0.15, -0.1) is 0 Å². The van der Waals surface area contributed by atoms with Gasteiger partial charge in [-0.25, -0.2) is 4.68 Å². The number of likely N-dealkylation sites (tertiary alicyclic amines) is 1. The zero-order chi connectivity index (χ0) is 18.3. The lowest BCUT2D eigenvalue weighted by Crippen LogP contribution is -2.45. The molecule has 1 saturated carbocycles. The lowest BCUT2D eigenvalue weighted by Gasteiger charge is -2.32. The molecule has 0 spiro atoms. The number of aromatic nitrogens is 2. The van der Waals surface area contributed by atoms with Gasteiger partial charge in [-0.3, -0.25) is 9.59 Å². The van der Waals surface area contributed by atoms with E-state index in [1.807, 2.05) is 31.2 Å². The smallest absolute Gasteiger partial charge is 0.226 e. The molecule has 136 valence electrons. The Kier molecular flexibility index (Phi) is 4.26. The first-order chi connectivity index (χ1) is 12.6. The predicted molar refractivity (Wildman–Crippen MR) is 99.1 cm³/mol. The summed E-state index contributed by atoms with van der Waals surface area (Å²) in [6.45, 7) is 2.68. The number of ketones is 1. The quantitative estimate of drug-likeness (QED) is 0.858. The Balaban J connectivity index is 1.58. The molecule has 1 aromatic carbocycles. The van der Waals surface area contributed by atoms with Crippen molar-refractivity contribution in [2.45, 2.75) is 45.1 Å². The van der Waals surface area contributed by atoms with E-state index in [2.05, 4.69) is 5.10 Å². The number of aryl methyl sites for hydroxylation is 1. The molecule has 0 bridgehead atoms. The summed E-state index contributed by atoms with van der Waals surface area (Å²) in [6.07, 6.45) is 6.10. The number of nitrogen functional groups attached to an aromatic ring is 1. The summed E-state index contributed by atoms with van der Waals surface area (Å²) in [5, 5.41) is 4.31. The van der Waals surface area contributed by atoms with E-state index in [-0.39, 0.29) is 17.6 Å². The number of nitrogens with two attached hydrogens (primary N) is 1. The molecule has 2 heterocycles. The topological polar surface area (TPSA) is 81.2 Å². The molecule has 1 aliphatic carbocycles. The molecule has 2 aliphatic rings. The Morgan fingerprint density at radius 1 is 1.12 bits per heavy atom. The van der Waals surface area contributed by atoms with Crippen molar-refractivity contribution in [3.05, 3.63) is 41.6 Å². The highest BCUT2D eigenvalue weighted by atomic mass is 16.2. The van der Waals surface area contributed by atoms with Gasteiger partial charge in [0, 0.05) is 12.5 Å². The van der Waals surface area contributed by atoms with Gasteiger partial charge >= 0.3 is 0 Å². The number of Topliss-reactive ketones (excluding diaryl/α,β-unsaturated/α-hetero) is 1. The average Bonchev–Trinajstić information content (AvgIpc) is 3.20. The third-order valence-electron chi connectivity index (χ3n) is 5.64. The van der Waals surface area contributed by atoms with Crippen LogP contribution in [-0.2, 0) is 4.79 Å². The van der Waals surface area contributed by atoms with E-state index in [4.69, 9.17) is 5.73 Å². The first-order valence-corrected chi connectivity index (χ1v) is 9.31. The fraction of sp³-hybridized carbons (Fsp3) is 0.450. The fourth-order valence-electron chi connectivity index (χ4n) is 3.81. The number of hydrogen-bond acceptors (Lipinski definition) is 4. The van der Waals surface area contributed by atoms with Crippen LogP contribution in [0.4, 0.5) is 5.82 Å². The molecule has 6 heteroatoms. The predicted octanol–water partition coefficient (Wildman–Crippen LogP) is 2.74. The summed E-state index contributed by atoms with van der Waals surface area (Å²) in [7, 11) is 0. The van der Waals surface area contributed by atoms with Gasteiger partial charge in [0.25, 0.3) is 0 Å². The van der Waals surface area contributed by atoms with E-state index in [0.29, 0.717) is 24.3 Å². The highest BCUT2D eigenvalue weighted by Crippen LogP contribution is 2.32. The molecule has 1 saturated heterocycles. The lowest BCUT2D eigenvalue weighted by atomic mass is 9.84. The molecule has 6 nitrogen and oxygen atoms in total. The first-order valence-electron chi connectivity index (χ1n) is 9.31. The second-order valence-corrected chi connectivity index (χ2v) is 7.37. The normalized spacial score (nSPS) is 20.2. The number of benzene rings is 1. The van der Waals surface area contributed by atoms with E-state index in [1.54, 1.807) is 9.58 Å². The van der Waals surface area contributed by atoms with E-state index in [0.717, 1.165) is 36.9 Å². The Bertz CT molecular complexity index is 836. The van der Waals surface area contributed by atoms with Gasteiger partial charge in [0.05, 0.1) is 23.5 Å². The molecular weight excluding hydrogens is 328 g/mol. The maximum absolute atomic E-state index is 13.1. The van der Waals surface area contributed by atoms with Crippen molar-refractivity contribution in [3.63, 3.8) is 0 Å². The second kappa shape index (κ2) is 6.59. The first kappa shape index (κ1) is 16.8. The monoisotopic (exact) mass is 352 g/mol.